The minimum absolute atomic E-state index is 0.481. The van der Waals surface area contributed by atoms with Gasteiger partial charge in [0.1, 0.15) is 11.5 Å². The van der Waals surface area contributed by atoms with Gasteiger partial charge in [-0.15, -0.1) is 0 Å². The Morgan fingerprint density at radius 3 is 1.97 bits per heavy atom. The van der Waals surface area contributed by atoms with Crippen LogP contribution in [0.15, 0.2) is 60.7 Å². The molecule has 0 saturated carbocycles. The smallest absolute Gasteiger partial charge is 0.174 e. The van der Waals surface area contributed by atoms with Gasteiger partial charge in [0.2, 0.25) is 0 Å². The van der Waals surface area contributed by atoms with E-state index < -0.39 is 0 Å². The van der Waals surface area contributed by atoms with Gasteiger partial charge >= 0.3 is 0 Å². The maximum atomic E-state index is 6.02. The molecule has 1 N–H and O–H groups in total. The first-order chi connectivity index (χ1) is 16.0. The van der Waals surface area contributed by atoms with Crippen LogP contribution in [0, 0.1) is 0 Å². The van der Waals surface area contributed by atoms with Crippen LogP contribution in [-0.2, 0) is 13.1 Å². The van der Waals surface area contributed by atoms with Gasteiger partial charge in [-0.1, -0.05) is 23.7 Å². The first kappa shape index (κ1) is 24.5. The molecule has 0 spiro atoms. The van der Waals surface area contributed by atoms with Crippen LogP contribution >= 0.6 is 23.8 Å². The van der Waals surface area contributed by atoms with Crippen LogP contribution in [-0.4, -0.2) is 38.5 Å². The molecule has 0 fully saturated rings. The normalized spacial score (nSPS) is 10.3. The van der Waals surface area contributed by atoms with Crippen molar-refractivity contribution < 1.29 is 18.9 Å². The highest BCUT2D eigenvalue weighted by Crippen LogP contribution is 2.35. The quantitative estimate of drug-likeness (QED) is 0.385. The molecule has 6 nitrogen and oxygen atoms in total. The van der Waals surface area contributed by atoms with Crippen molar-refractivity contribution in [3.05, 3.63) is 76.8 Å². The number of halogens is 1. The number of hydrogen-bond acceptors (Lipinski definition) is 5. The van der Waals surface area contributed by atoms with E-state index in [4.69, 9.17) is 42.8 Å². The average molecular weight is 487 g/mol. The number of hydrogen-bond donors (Lipinski definition) is 1. The third-order valence-corrected chi connectivity index (χ3v) is 5.68. The van der Waals surface area contributed by atoms with Crippen LogP contribution in [0.5, 0.6) is 23.0 Å². The molecule has 0 aliphatic carbocycles. The molecular weight excluding hydrogens is 460 g/mol. The lowest BCUT2D eigenvalue weighted by Crippen LogP contribution is -2.34. The summed E-state index contributed by atoms with van der Waals surface area (Å²) in [6, 6.07) is 19.0. The van der Waals surface area contributed by atoms with E-state index >= 15 is 0 Å². The van der Waals surface area contributed by atoms with E-state index in [0.29, 0.717) is 40.5 Å². The maximum absolute atomic E-state index is 6.02. The molecule has 0 saturated heterocycles. The van der Waals surface area contributed by atoms with Crippen molar-refractivity contribution in [3.8, 4) is 23.0 Å². The lowest BCUT2D eigenvalue weighted by Gasteiger charge is -2.27. The van der Waals surface area contributed by atoms with E-state index in [1.54, 1.807) is 28.4 Å². The van der Waals surface area contributed by atoms with E-state index in [1.165, 1.54) is 0 Å². The summed E-state index contributed by atoms with van der Waals surface area (Å²) < 4.78 is 21.8. The molecule has 3 aromatic carbocycles. The summed E-state index contributed by atoms with van der Waals surface area (Å²) in [5.41, 5.74) is 2.84. The fraction of sp³-hybridized carbons (Fsp3) is 0.240. The lowest BCUT2D eigenvalue weighted by atomic mass is 10.1. The minimum atomic E-state index is 0.481. The summed E-state index contributed by atoms with van der Waals surface area (Å²) in [6.07, 6.45) is 0. The molecule has 3 rings (SSSR count). The molecule has 33 heavy (non-hydrogen) atoms. The monoisotopic (exact) mass is 486 g/mol. The Hall–Kier alpha value is -3.16. The molecule has 0 heterocycles. The Kier molecular flexibility index (Phi) is 8.63. The van der Waals surface area contributed by atoms with E-state index in [1.807, 2.05) is 60.7 Å². The van der Waals surface area contributed by atoms with Gasteiger partial charge in [0, 0.05) is 35.4 Å². The number of anilines is 1. The number of benzene rings is 3. The Bertz CT molecular complexity index is 1080. The summed E-state index contributed by atoms with van der Waals surface area (Å²) in [7, 11) is 6.48. The van der Waals surface area contributed by atoms with Gasteiger partial charge in [-0.2, -0.15) is 0 Å². The highest BCUT2D eigenvalue weighted by atomic mass is 35.5. The molecule has 0 aliphatic heterocycles. The van der Waals surface area contributed by atoms with Crippen LogP contribution < -0.4 is 24.3 Å². The van der Waals surface area contributed by atoms with Gasteiger partial charge in [0.15, 0.2) is 16.6 Å². The second-order valence-corrected chi connectivity index (χ2v) is 7.98. The summed E-state index contributed by atoms with van der Waals surface area (Å²) in [5.74, 6) is 2.70. The van der Waals surface area contributed by atoms with Gasteiger partial charge in [-0.3, -0.25) is 0 Å². The number of thiocarbonyl (C=S) groups is 1. The van der Waals surface area contributed by atoms with E-state index in [2.05, 4.69) is 10.2 Å². The van der Waals surface area contributed by atoms with Crippen molar-refractivity contribution in [1.29, 1.82) is 0 Å². The SMILES string of the molecule is COc1ccc(CN(Cc2cc(OC)c(OC)cc2OC)C(=S)Nc2ccc(Cl)cc2)cc1. The predicted molar refractivity (Wildman–Crippen MR) is 136 cm³/mol. The van der Waals surface area contributed by atoms with Crippen molar-refractivity contribution in [2.45, 2.75) is 13.1 Å². The summed E-state index contributed by atoms with van der Waals surface area (Å²) in [6.45, 7) is 1.05. The van der Waals surface area contributed by atoms with E-state index in [0.717, 1.165) is 22.6 Å². The van der Waals surface area contributed by atoms with Crippen molar-refractivity contribution in [2.75, 3.05) is 33.8 Å². The molecule has 0 radical (unpaired) electrons. The zero-order chi connectivity index (χ0) is 23.8. The van der Waals surface area contributed by atoms with Crippen molar-refractivity contribution in [1.82, 2.24) is 4.90 Å². The van der Waals surface area contributed by atoms with Crippen LogP contribution in [0.1, 0.15) is 11.1 Å². The molecule has 0 aliphatic rings. The largest absolute Gasteiger partial charge is 0.497 e. The first-order valence-electron chi connectivity index (χ1n) is 10.2. The van der Waals surface area contributed by atoms with Gasteiger partial charge < -0.3 is 29.2 Å². The van der Waals surface area contributed by atoms with E-state index in [9.17, 15) is 0 Å². The molecule has 8 heteroatoms. The standard InChI is InChI=1S/C25H27ClN2O4S/c1-29-21-11-5-17(6-12-21)15-28(25(33)27-20-9-7-19(26)8-10-20)16-18-13-23(31-3)24(32-4)14-22(18)30-2/h5-14H,15-16H2,1-4H3,(H,27,33). The first-order valence-corrected chi connectivity index (χ1v) is 11.0. The molecule has 3 aromatic rings. The molecule has 174 valence electrons. The third-order valence-electron chi connectivity index (χ3n) is 5.06. The third kappa shape index (κ3) is 6.43. The zero-order valence-corrected chi connectivity index (χ0v) is 20.6. The number of nitrogens with one attached hydrogen (secondary N) is 1. The highest BCUT2D eigenvalue weighted by molar-refractivity contribution is 7.80. The van der Waals surface area contributed by atoms with Crippen molar-refractivity contribution >= 4 is 34.6 Å². The second-order valence-electron chi connectivity index (χ2n) is 7.16. The number of ether oxygens (including phenoxy) is 4. The van der Waals surface area contributed by atoms with Gasteiger partial charge in [0.25, 0.3) is 0 Å². The topological polar surface area (TPSA) is 52.2 Å². The molecule has 0 unspecified atom stereocenters. The van der Waals surface area contributed by atoms with Crippen molar-refractivity contribution in [3.63, 3.8) is 0 Å². The predicted octanol–water partition coefficient (Wildman–Crippen LogP) is 5.77. The molecule has 0 atom stereocenters. The molecule has 0 amide bonds. The number of rotatable bonds is 9. The van der Waals surface area contributed by atoms with Gasteiger partial charge in [-0.05, 0) is 60.2 Å². The van der Waals surface area contributed by atoms with Gasteiger partial charge in [0.05, 0.1) is 28.4 Å². The number of nitrogens with zero attached hydrogens (tertiary/aromatic N) is 1. The fourth-order valence-electron chi connectivity index (χ4n) is 3.31. The summed E-state index contributed by atoms with van der Waals surface area (Å²) in [4.78, 5) is 2.05. The summed E-state index contributed by atoms with van der Waals surface area (Å²) >= 11 is 11.8. The lowest BCUT2D eigenvalue weighted by molar-refractivity contribution is 0.341. The maximum Gasteiger partial charge on any atom is 0.174 e. The minimum Gasteiger partial charge on any atom is -0.497 e. The van der Waals surface area contributed by atoms with Crippen molar-refractivity contribution in [2.24, 2.45) is 0 Å². The highest BCUT2D eigenvalue weighted by Gasteiger charge is 2.18. The van der Waals surface area contributed by atoms with Crippen LogP contribution in [0.4, 0.5) is 5.69 Å². The van der Waals surface area contributed by atoms with Crippen LogP contribution in [0.3, 0.4) is 0 Å². The molecule has 0 bridgehead atoms. The Morgan fingerprint density at radius 1 is 0.788 bits per heavy atom. The second kappa shape index (κ2) is 11.6. The molecular formula is C25H27ClN2O4S. The Morgan fingerprint density at radius 2 is 1.39 bits per heavy atom. The van der Waals surface area contributed by atoms with Crippen LogP contribution in [0.2, 0.25) is 5.02 Å². The molecule has 0 aromatic heterocycles. The van der Waals surface area contributed by atoms with Crippen LogP contribution in [0.25, 0.3) is 0 Å². The van der Waals surface area contributed by atoms with Gasteiger partial charge in [-0.25, -0.2) is 0 Å². The van der Waals surface area contributed by atoms with E-state index in [-0.39, 0.29) is 0 Å². The average Bonchev–Trinajstić information content (AvgIpc) is 2.85. The fourth-order valence-corrected chi connectivity index (χ4v) is 3.68. The Labute approximate surface area is 205 Å². The Balaban J connectivity index is 1.91. The summed E-state index contributed by atoms with van der Waals surface area (Å²) in [5, 5.41) is 4.52. The number of methoxy groups -OCH3 is 4. The zero-order valence-electron chi connectivity index (χ0n) is 19.1.